The zero-order chi connectivity index (χ0) is 13.9. The van der Waals surface area contributed by atoms with Crippen molar-refractivity contribution in [1.29, 1.82) is 0 Å². The summed E-state index contributed by atoms with van der Waals surface area (Å²) < 4.78 is 28.5. The Balaban J connectivity index is 2.30. The molecule has 6 nitrogen and oxygen atoms in total. The maximum atomic E-state index is 12.2. The second-order valence-corrected chi connectivity index (χ2v) is 5.80. The van der Waals surface area contributed by atoms with Crippen molar-refractivity contribution in [1.82, 2.24) is 14.9 Å². The van der Waals surface area contributed by atoms with Gasteiger partial charge in [0.1, 0.15) is 0 Å². The Labute approximate surface area is 112 Å². The molecule has 0 bridgehead atoms. The summed E-state index contributed by atoms with van der Waals surface area (Å²) in [6, 6.07) is 7.25. The number of rotatable bonds is 5. The normalized spacial score (nSPS) is 11.5. The second kappa shape index (κ2) is 5.41. The standard InChI is InChI=1S/C12H16N4O2S/c1-13-7-10-5-3-4-6-11(10)15-19(17,18)12-8-16(2)9-14-12/h3-6,8-9,13,15H,7H2,1-2H3. The van der Waals surface area contributed by atoms with E-state index in [1.165, 1.54) is 12.5 Å². The quantitative estimate of drug-likeness (QED) is 0.854. The van der Waals surface area contributed by atoms with Gasteiger partial charge in [0.25, 0.3) is 10.0 Å². The van der Waals surface area contributed by atoms with Crippen molar-refractivity contribution in [3.63, 3.8) is 0 Å². The third-order valence-electron chi connectivity index (χ3n) is 2.59. The van der Waals surface area contributed by atoms with Crippen LogP contribution in [0.5, 0.6) is 0 Å². The van der Waals surface area contributed by atoms with Gasteiger partial charge in [-0.3, -0.25) is 4.72 Å². The van der Waals surface area contributed by atoms with E-state index in [0.29, 0.717) is 12.2 Å². The Kier molecular flexibility index (Phi) is 3.87. The van der Waals surface area contributed by atoms with Gasteiger partial charge in [-0.2, -0.15) is 8.42 Å². The Bertz CT molecular complexity index is 664. The highest BCUT2D eigenvalue weighted by molar-refractivity contribution is 7.92. The third kappa shape index (κ3) is 3.12. The highest BCUT2D eigenvalue weighted by atomic mass is 32.2. The molecule has 0 aliphatic carbocycles. The molecule has 1 aromatic heterocycles. The predicted molar refractivity (Wildman–Crippen MR) is 73.2 cm³/mol. The van der Waals surface area contributed by atoms with Gasteiger partial charge in [0.05, 0.1) is 12.0 Å². The fraction of sp³-hybridized carbons (Fsp3) is 0.250. The molecule has 0 atom stereocenters. The van der Waals surface area contributed by atoms with E-state index in [2.05, 4.69) is 15.0 Å². The van der Waals surface area contributed by atoms with Crippen molar-refractivity contribution in [3.05, 3.63) is 42.4 Å². The second-order valence-electron chi connectivity index (χ2n) is 4.17. The van der Waals surface area contributed by atoms with Crippen LogP contribution in [-0.4, -0.2) is 25.0 Å². The highest BCUT2D eigenvalue weighted by Gasteiger charge is 2.18. The lowest BCUT2D eigenvalue weighted by molar-refractivity contribution is 0.598. The van der Waals surface area contributed by atoms with Crippen molar-refractivity contribution in [2.75, 3.05) is 11.8 Å². The van der Waals surface area contributed by atoms with Gasteiger partial charge < -0.3 is 9.88 Å². The lowest BCUT2D eigenvalue weighted by Crippen LogP contribution is -2.16. The number of anilines is 1. The first kappa shape index (κ1) is 13.6. The van der Waals surface area contributed by atoms with Crippen LogP contribution in [0.2, 0.25) is 0 Å². The molecule has 19 heavy (non-hydrogen) atoms. The topological polar surface area (TPSA) is 76.0 Å². The molecule has 0 amide bonds. The minimum absolute atomic E-state index is 0.00857. The number of benzene rings is 1. The molecule has 0 spiro atoms. The van der Waals surface area contributed by atoms with Crippen molar-refractivity contribution in [3.8, 4) is 0 Å². The van der Waals surface area contributed by atoms with Crippen LogP contribution < -0.4 is 10.0 Å². The number of sulfonamides is 1. The maximum Gasteiger partial charge on any atom is 0.280 e. The van der Waals surface area contributed by atoms with E-state index in [1.807, 2.05) is 19.2 Å². The average molecular weight is 280 g/mol. The van der Waals surface area contributed by atoms with Gasteiger partial charge in [0.15, 0.2) is 5.03 Å². The molecule has 7 heteroatoms. The molecule has 1 aromatic carbocycles. The van der Waals surface area contributed by atoms with E-state index < -0.39 is 10.0 Å². The van der Waals surface area contributed by atoms with Crippen molar-refractivity contribution < 1.29 is 8.42 Å². The first-order valence-corrected chi connectivity index (χ1v) is 7.24. The molecule has 0 unspecified atom stereocenters. The number of aromatic nitrogens is 2. The molecule has 1 heterocycles. The summed E-state index contributed by atoms with van der Waals surface area (Å²) in [7, 11) is -0.110. The number of nitrogens with one attached hydrogen (secondary N) is 2. The monoisotopic (exact) mass is 280 g/mol. The lowest BCUT2D eigenvalue weighted by atomic mass is 10.2. The zero-order valence-corrected chi connectivity index (χ0v) is 11.6. The van der Waals surface area contributed by atoms with E-state index >= 15 is 0 Å². The molecule has 0 fully saturated rings. The molecule has 2 N–H and O–H groups in total. The Morgan fingerprint density at radius 3 is 2.68 bits per heavy atom. The molecule has 2 rings (SSSR count). The number of para-hydroxylation sites is 1. The van der Waals surface area contributed by atoms with E-state index in [9.17, 15) is 8.42 Å². The molecule has 0 aliphatic heterocycles. The maximum absolute atomic E-state index is 12.2. The predicted octanol–water partition coefficient (Wildman–Crippen LogP) is 0.940. The van der Waals surface area contributed by atoms with Crippen LogP contribution in [0, 0.1) is 0 Å². The first-order chi connectivity index (χ1) is 9.03. The van der Waals surface area contributed by atoms with Crippen molar-refractivity contribution in [2.45, 2.75) is 11.6 Å². The number of nitrogens with zero attached hydrogens (tertiary/aromatic N) is 2. The number of hydrogen-bond donors (Lipinski definition) is 2. The lowest BCUT2D eigenvalue weighted by Gasteiger charge is -2.10. The van der Waals surface area contributed by atoms with Gasteiger partial charge in [-0.15, -0.1) is 0 Å². The summed E-state index contributed by atoms with van der Waals surface area (Å²) in [6.07, 6.45) is 2.91. The minimum Gasteiger partial charge on any atom is -0.339 e. The minimum atomic E-state index is -3.64. The smallest absolute Gasteiger partial charge is 0.280 e. The summed E-state index contributed by atoms with van der Waals surface area (Å²) in [5.74, 6) is 0. The van der Waals surface area contributed by atoms with Gasteiger partial charge in [-0.05, 0) is 18.7 Å². The molecular formula is C12H16N4O2S. The summed E-state index contributed by atoms with van der Waals surface area (Å²) in [5, 5.41) is 3.01. The fourth-order valence-electron chi connectivity index (χ4n) is 1.69. The molecule has 0 radical (unpaired) electrons. The van der Waals surface area contributed by atoms with Gasteiger partial charge in [-0.25, -0.2) is 4.98 Å². The Morgan fingerprint density at radius 1 is 1.32 bits per heavy atom. The molecule has 102 valence electrons. The van der Waals surface area contributed by atoms with Crippen LogP contribution in [0.4, 0.5) is 5.69 Å². The van der Waals surface area contributed by atoms with Crippen molar-refractivity contribution in [2.24, 2.45) is 7.05 Å². The first-order valence-electron chi connectivity index (χ1n) is 5.76. The molecule has 2 aromatic rings. The highest BCUT2D eigenvalue weighted by Crippen LogP contribution is 2.18. The number of hydrogen-bond acceptors (Lipinski definition) is 4. The van der Waals surface area contributed by atoms with Crippen LogP contribution in [-0.2, 0) is 23.6 Å². The molecule has 0 saturated heterocycles. The van der Waals surface area contributed by atoms with E-state index in [4.69, 9.17) is 0 Å². The molecule has 0 aliphatic rings. The Morgan fingerprint density at radius 2 is 2.05 bits per heavy atom. The van der Waals surface area contributed by atoms with E-state index in [0.717, 1.165) is 5.56 Å². The van der Waals surface area contributed by atoms with Gasteiger partial charge >= 0.3 is 0 Å². The molecular weight excluding hydrogens is 264 g/mol. The van der Waals surface area contributed by atoms with Gasteiger partial charge in [-0.1, -0.05) is 18.2 Å². The number of aryl methyl sites for hydroxylation is 1. The van der Waals surface area contributed by atoms with Crippen LogP contribution in [0.3, 0.4) is 0 Å². The van der Waals surface area contributed by atoms with E-state index in [-0.39, 0.29) is 5.03 Å². The van der Waals surface area contributed by atoms with Crippen LogP contribution in [0.25, 0.3) is 0 Å². The van der Waals surface area contributed by atoms with Crippen LogP contribution in [0.15, 0.2) is 41.8 Å². The zero-order valence-electron chi connectivity index (χ0n) is 10.8. The average Bonchev–Trinajstić information content (AvgIpc) is 2.79. The van der Waals surface area contributed by atoms with Gasteiger partial charge in [0.2, 0.25) is 0 Å². The van der Waals surface area contributed by atoms with Crippen molar-refractivity contribution >= 4 is 15.7 Å². The van der Waals surface area contributed by atoms with Crippen LogP contribution in [0.1, 0.15) is 5.56 Å². The summed E-state index contributed by atoms with van der Waals surface area (Å²) >= 11 is 0. The number of imidazole rings is 1. The SMILES string of the molecule is CNCc1ccccc1NS(=O)(=O)c1cn(C)cn1. The van der Waals surface area contributed by atoms with Crippen LogP contribution >= 0.6 is 0 Å². The molecule has 0 saturated carbocycles. The Hall–Kier alpha value is -1.86. The largest absolute Gasteiger partial charge is 0.339 e. The fourth-order valence-corrected chi connectivity index (χ4v) is 2.77. The van der Waals surface area contributed by atoms with E-state index in [1.54, 1.807) is 23.7 Å². The summed E-state index contributed by atoms with van der Waals surface area (Å²) in [5.41, 5.74) is 1.44. The summed E-state index contributed by atoms with van der Waals surface area (Å²) in [4.78, 5) is 3.86. The third-order valence-corrected chi connectivity index (χ3v) is 3.84. The summed E-state index contributed by atoms with van der Waals surface area (Å²) in [6.45, 7) is 0.584. The van der Waals surface area contributed by atoms with Gasteiger partial charge in [0, 0.05) is 19.8 Å².